The van der Waals surface area contributed by atoms with Gasteiger partial charge >= 0.3 is 0 Å². The van der Waals surface area contributed by atoms with E-state index >= 15 is 0 Å². The molecule has 4 heteroatoms. The number of hydrogen-bond acceptors (Lipinski definition) is 3. The van der Waals surface area contributed by atoms with Crippen LogP contribution in [0.5, 0.6) is 0 Å². The van der Waals surface area contributed by atoms with Crippen molar-refractivity contribution in [3.63, 3.8) is 0 Å². The number of rotatable bonds is 5. The predicted molar refractivity (Wildman–Crippen MR) is 113 cm³/mol. The smallest absolute Gasteiger partial charge is 0.263 e. The maximum absolute atomic E-state index is 13.1. The molecule has 28 heavy (non-hydrogen) atoms. The first-order valence-corrected chi connectivity index (χ1v) is 13.1. The van der Waals surface area contributed by atoms with Gasteiger partial charge in [0.25, 0.3) is 10.1 Å². The van der Waals surface area contributed by atoms with Gasteiger partial charge in [0, 0.05) is 0 Å². The van der Waals surface area contributed by atoms with Crippen LogP contribution in [0.3, 0.4) is 0 Å². The molecule has 0 spiro atoms. The lowest BCUT2D eigenvalue weighted by atomic mass is 9.80. The Morgan fingerprint density at radius 3 is 1.50 bits per heavy atom. The van der Waals surface area contributed by atoms with E-state index in [0.29, 0.717) is 16.7 Å². The zero-order chi connectivity index (χ0) is 19.4. The summed E-state index contributed by atoms with van der Waals surface area (Å²) < 4.78 is 32.0. The van der Waals surface area contributed by atoms with Gasteiger partial charge in [-0.1, -0.05) is 63.9 Å². The van der Waals surface area contributed by atoms with Crippen molar-refractivity contribution >= 4 is 10.1 Å². The highest BCUT2D eigenvalue weighted by atomic mass is 32.2. The van der Waals surface area contributed by atoms with Crippen LogP contribution in [-0.2, 0) is 14.3 Å². The molecule has 3 aliphatic carbocycles. The second-order valence-electron chi connectivity index (χ2n) is 9.32. The monoisotopic (exact) mass is 404 g/mol. The van der Waals surface area contributed by atoms with Crippen molar-refractivity contribution in [1.29, 1.82) is 0 Å². The van der Waals surface area contributed by atoms with Crippen molar-refractivity contribution in [2.24, 2.45) is 0 Å². The molecule has 3 fully saturated rings. The summed E-state index contributed by atoms with van der Waals surface area (Å²) >= 11 is 0. The molecular weight excluding hydrogens is 368 g/mol. The zero-order valence-corrected chi connectivity index (χ0v) is 18.0. The van der Waals surface area contributed by atoms with Gasteiger partial charge in [0.05, 0.1) is 11.0 Å². The quantitative estimate of drug-likeness (QED) is 0.506. The summed E-state index contributed by atoms with van der Waals surface area (Å²) in [4.78, 5) is 0.418. The summed E-state index contributed by atoms with van der Waals surface area (Å²) in [5.74, 6) is 1.03. The molecule has 0 amide bonds. The summed E-state index contributed by atoms with van der Waals surface area (Å²) in [5.41, 5.74) is 2.49. The molecule has 0 radical (unpaired) electrons. The van der Waals surface area contributed by atoms with Crippen LogP contribution in [-0.4, -0.2) is 14.5 Å². The van der Waals surface area contributed by atoms with Crippen LogP contribution < -0.4 is 0 Å². The lowest BCUT2D eigenvalue weighted by molar-refractivity contribution is 0.162. The van der Waals surface area contributed by atoms with Gasteiger partial charge in [-0.3, -0.25) is 4.18 Å². The Morgan fingerprint density at radius 2 is 1.04 bits per heavy atom. The van der Waals surface area contributed by atoms with E-state index in [2.05, 4.69) is 6.07 Å². The molecule has 156 valence electrons. The fourth-order valence-electron chi connectivity index (χ4n) is 5.53. The summed E-state index contributed by atoms with van der Waals surface area (Å²) in [7, 11) is -3.68. The van der Waals surface area contributed by atoms with Gasteiger partial charge in [-0.15, -0.1) is 0 Å². The van der Waals surface area contributed by atoms with Crippen LogP contribution >= 0.6 is 0 Å². The van der Waals surface area contributed by atoms with Crippen molar-refractivity contribution in [3.05, 3.63) is 29.3 Å². The van der Waals surface area contributed by atoms with Crippen molar-refractivity contribution in [2.45, 2.75) is 119 Å². The number of hydrogen-bond donors (Lipinski definition) is 0. The molecule has 1 aromatic carbocycles. The van der Waals surface area contributed by atoms with Gasteiger partial charge in [-0.05, 0) is 73.6 Å². The second-order valence-corrected chi connectivity index (χ2v) is 10.9. The third-order valence-corrected chi connectivity index (χ3v) is 8.55. The molecule has 0 aromatic heterocycles. The van der Waals surface area contributed by atoms with Crippen molar-refractivity contribution in [1.82, 2.24) is 0 Å². The lowest BCUT2D eigenvalue weighted by Crippen LogP contribution is -2.21. The van der Waals surface area contributed by atoms with E-state index < -0.39 is 10.1 Å². The van der Waals surface area contributed by atoms with Crippen molar-refractivity contribution in [3.8, 4) is 0 Å². The molecule has 0 N–H and O–H groups in total. The van der Waals surface area contributed by atoms with Crippen LogP contribution in [0.25, 0.3) is 0 Å². The fourth-order valence-corrected chi connectivity index (χ4v) is 6.75. The van der Waals surface area contributed by atoms with E-state index in [4.69, 9.17) is 4.18 Å². The maximum Gasteiger partial charge on any atom is 0.297 e. The lowest BCUT2D eigenvalue weighted by Gasteiger charge is -2.27. The van der Waals surface area contributed by atoms with E-state index in [9.17, 15) is 8.42 Å². The Hall–Kier alpha value is -0.870. The Balaban J connectivity index is 1.63. The van der Waals surface area contributed by atoms with Crippen molar-refractivity contribution in [2.75, 3.05) is 0 Å². The number of benzene rings is 1. The summed E-state index contributed by atoms with van der Waals surface area (Å²) in [6.07, 6.45) is 17.4. The Kier molecular flexibility index (Phi) is 6.78. The van der Waals surface area contributed by atoms with E-state index in [1.54, 1.807) is 0 Å². The molecule has 3 aliphatic rings. The minimum absolute atomic E-state index is 0.129. The standard InChI is InChI=1S/C24H36O3S/c25-28(26,27-23-14-8-3-9-15-23)24-17-21(19-10-4-1-5-11-19)16-22(18-24)20-12-6-2-7-13-20/h16-20,23H,1-15H2. The Labute approximate surface area is 171 Å². The highest BCUT2D eigenvalue weighted by molar-refractivity contribution is 7.86. The molecule has 0 aliphatic heterocycles. The van der Waals surface area contributed by atoms with E-state index in [-0.39, 0.29) is 6.10 Å². The summed E-state index contributed by atoms with van der Waals surface area (Å²) in [6, 6.07) is 6.23. The van der Waals surface area contributed by atoms with Crippen LogP contribution in [0.4, 0.5) is 0 Å². The zero-order valence-electron chi connectivity index (χ0n) is 17.2. The third-order valence-electron chi connectivity index (χ3n) is 7.21. The maximum atomic E-state index is 13.1. The first kappa shape index (κ1) is 20.4. The van der Waals surface area contributed by atoms with Crippen LogP contribution in [0.2, 0.25) is 0 Å². The van der Waals surface area contributed by atoms with E-state index in [0.717, 1.165) is 25.7 Å². The van der Waals surface area contributed by atoms with E-state index in [1.165, 1.54) is 81.8 Å². The summed E-state index contributed by atoms with van der Waals surface area (Å²) in [5, 5.41) is 0. The van der Waals surface area contributed by atoms with Gasteiger partial charge in [-0.25, -0.2) is 0 Å². The average molecular weight is 405 g/mol. The normalized spacial score (nSPS) is 23.7. The topological polar surface area (TPSA) is 43.4 Å². The minimum atomic E-state index is -3.68. The molecule has 0 heterocycles. The Bertz CT molecular complexity index is 701. The van der Waals surface area contributed by atoms with Crippen LogP contribution in [0.1, 0.15) is 119 Å². The molecule has 4 rings (SSSR count). The highest BCUT2D eigenvalue weighted by Crippen LogP contribution is 2.39. The third kappa shape index (κ3) is 4.99. The largest absolute Gasteiger partial charge is 0.297 e. The molecule has 0 atom stereocenters. The van der Waals surface area contributed by atoms with Gasteiger partial charge in [0.1, 0.15) is 0 Å². The van der Waals surface area contributed by atoms with Crippen LogP contribution in [0.15, 0.2) is 23.1 Å². The average Bonchev–Trinajstić information content (AvgIpc) is 2.75. The van der Waals surface area contributed by atoms with Gasteiger partial charge in [-0.2, -0.15) is 8.42 Å². The van der Waals surface area contributed by atoms with Crippen LogP contribution in [0, 0.1) is 0 Å². The molecule has 3 saturated carbocycles. The predicted octanol–water partition coefficient (Wildman–Crippen LogP) is 6.82. The molecule has 1 aromatic rings. The SMILES string of the molecule is O=S(=O)(OC1CCCCC1)c1cc(C2CCCCC2)cc(C2CCCCC2)c1. The van der Waals surface area contributed by atoms with E-state index in [1.807, 2.05) is 12.1 Å². The second kappa shape index (κ2) is 9.30. The van der Waals surface area contributed by atoms with Crippen molar-refractivity contribution < 1.29 is 12.6 Å². The first-order valence-electron chi connectivity index (χ1n) is 11.7. The molecule has 0 unspecified atom stereocenters. The molecule has 0 bridgehead atoms. The van der Waals surface area contributed by atoms with Gasteiger partial charge in [0.2, 0.25) is 0 Å². The Morgan fingerprint density at radius 1 is 0.607 bits per heavy atom. The van der Waals surface area contributed by atoms with Gasteiger partial charge < -0.3 is 0 Å². The first-order chi connectivity index (χ1) is 13.6. The minimum Gasteiger partial charge on any atom is -0.263 e. The fraction of sp³-hybridized carbons (Fsp3) is 0.750. The molecule has 3 nitrogen and oxygen atoms in total. The molecule has 0 saturated heterocycles. The highest BCUT2D eigenvalue weighted by Gasteiger charge is 2.27. The summed E-state index contributed by atoms with van der Waals surface area (Å²) in [6.45, 7) is 0. The molecular formula is C24H36O3S. The van der Waals surface area contributed by atoms with Gasteiger partial charge in [0.15, 0.2) is 0 Å².